The summed E-state index contributed by atoms with van der Waals surface area (Å²) in [5, 5.41) is 0. The molecule has 0 aromatic carbocycles. The molecule has 0 fully saturated rings. The van der Waals surface area contributed by atoms with Crippen LogP contribution in [0.3, 0.4) is 0 Å². The molecule has 0 amide bonds. The van der Waals surface area contributed by atoms with E-state index in [1.165, 1.54) is 12.8 Å². The van der Waals surface area contributed by atoms with Gasteiger partial charge in [-0.15, -0.1) is 0 Å². The van der Waals surface area contributed by atoms with Crippen molar-refractivity contribution >= 4 is 0 Å². The van der Waals surface area contributed by atoms with Crippen LogP contribution >= 0.6 is 0 Å². The molecule has 0 atom stereocenters. The molecule has 0 bridgehead atoms. The second-order valence-corrected chi connectivity index (χ2v) is 3.37. The molecule has 0 unspecified atom stereocenters. The number of hydrogen-bond donors (Lipinski definition) is 0. The van der Waals surface area contributed by atoms with Crippen LogP contribution in [0.25, 0.3) is 0 Å². The van der Waals surface area contributed by atoms with Crippen molar-refractivity contribution in [3.63, 3.8) is 0 Å². The van der Waals surface area contributed by atoms with Crippen molar-refractivity contribution < 1.29 is 11.0 Å². The number of rotatable bonds is 3. The summed E-state index contributed by atoms with van der Waals surface area (Å²) in [5.41, 5.74) is 0. The Balaban J connectivity index is -0.000000245. The average molecular weight is 150 g/mol. The van der Waals surface area contributed by atoms with Crippen LogP contribution in [0.2, 0.25) is 0 Å². The minimum atomic E-state index is 0. The summed E-state index contributed by atoms with van der Waals surface area (Å²) >= 11 is 0. The van der Waals surface area contributed by atoms with Crippen molar-refractivity contribution in [2.24, 2.45) is 11.8 Å². The van der Waals surface area contributed by atoms with Gasteiger partial charge in [-0.25, -0.2) is 0 Å². The Morgan fingerprint density at radius 3 is 1.00 bits per heavy atom. The quantitative estimate of drug-likeness (QED) is 0.584. The third-order valence-electron chi connectivity index (χ3n) is 1.32. The maximum Gasteiger partial charge on any atom is -0.0471 e. The summed E-state index contributed by atoms with van der Waals surface area (Å²) in [5.74, 6) is 1.77. The minimum Gasteiger partial charge on any atom is -0.412 e. The molecule has 0 spiro atoms. The minimum absolute atomic E-state index is 0. The topological polar surface area (TPSA) is 63.0 Å². The summed E-state index contributed by atoms with van der Waals surface area (Å²) in [6, 6.07) is 0. The molecular formula is C8H22O2. The third kappa shape index (κ3) is 15.7. The first-order valence-electron chi connectivity index (χ1n) is 3.63. The summed E-state index contributed by atoms with van der Waals surface area (Å²) in [4.78, 5) is 0. The molecule has 0 aromatic heterocycles. The van der Waals surface area contributed by atoms with Crippen molar-refractivity contribution in [2.75, 3.05) is 0 Å². The Bertz CT molecular complexity index is 43.2. The van der Waals surface area contributed by atoms with Gasteiger partial charge in [0.25, 0.3) is 0 Å². The van der Waals surface area contributed by atoms with Crippen molar-refractivity contribution in [1.29, 1.82) is 0 Å². The lowest BCUT2D eigenvalue weighted by Crippen LogP contribution is -1.91. The Kier molecular flexibility index (Phi) is 14.7. The average Bonchev–Trinajstić information content (AvgIpc) is 1.61. The maximum atomic E-state index is 2.28. The van der Waals surface area contributed by atoms with Crippen LogP contribution in [0.5, 0.6) is 0 Å². The van der Waals surface area contributed by atoms with Gasteiger partial charge in [-0.3, -0.25) is 0 Å². The lowest BCUT2D eigenvalue weighted by molar-refractivity contribution is 0.476. The molecule has 0 aliphatic carbocycles. The zero-order valence-corrected chi connectivity index (χ0v) is 7.57. The first-order chi connectivity index (χ1) is 3.63. The van der Waals surface area contributed by atoms with Gasteiger partial charge in [0.05, 0.1) is 0 Å². The van der Waals surface area contributed by atoms with Crippen LogP contribution in [0, 0.1) is 11.8 Å². The van der Waals surface area contributed by atoms with E-state index in [9.17, 15) is 0 Å². The van der Waals surface area contributed by atoms with Crippen LogP contribution in [-0.2, 0) is 0 Å². The van der Waals surface area contributed by atoms with E-state index in [0.29, 0.717) is 0 Å². The number of hydrogen-bond acceptors (Lipinski definition) is 0. The molecule has 0 saturated carbocycles. The fourth-order valence-electron chi connectivity index (χ4n) is 0.667. The predicted molar refractivity (Wildman–Crippen MR) is 46.1 cm³/mol. The predicted octanol–water partition coefficient (Wildman–Crippen LogP) is 1.43. The molecule has 4 N–H and O–H groups in total. The van der Waals surface area contributed by atoms with Crippen LogP contribution in [0.1, 0.15) is 40.5 Å². The molecule has 0 aromatic rings. The zero-order chi connectivity index (χ0) is 6.57. The van der Waals surface area contributed by atoms with Gasteiger partial charge in [-0.1, -0.05) is 40.5 Å². The smallest absolute Gasteiger partial charge is 0.0471 e. The molecule has 66 valence electrons. The Morgan fingerprint density at radius 1 is 0.700 bits per heavy atom. The van der Waals surface area contributed by atoms with Crippen LogP contribution < -0.4 is 0 Å². The Hall–Kier alpha value is -0.0800. The van der Waals surface area contributed by atoms with Gasteiger partial charge in [0, 0.05) is 0 Å². The highest BCUT2D eigenvalue weighted by Gasteiger charge is 1.95. The zero-order valence-electron chi connectivity index (χ0n) is 7.57. The van der Waals surface area contributed by atoms with Crippen LogP contribution in [0.15, 0.2) is 0 Å². The van der Waals surface area contributed by atoms with E-state index in [4.69, 9.17) is 0 Å². The van der Waals surface area contributed by atoms with Crippen LogP contribution in [0.4, 0.5) is 0 Å². The third-order valence-corrected chi connectivity index (χ3v) is 1.32. The fraction of sp³-hybridized carbons (Fsp3) is 1.00. The van der Waals surface area contributed by atoms with Crippen molar-refractivity contribution in [1.82, 2.24) is 0 Å². The van der Waals surface area contributed by atoms with E-state index in [1.807, 2.05) is 0 Å². The lowest BCUT2D eigenvalue weighted by Gasteiger charge is -2.05. The largest absolute Gasteiger partial charge is 0.412 e. The molecule has 0 saturated heterocycles. The van der Waals surface area contributed by atoms with E-state index >= 15 is 0 Å². The van der Waals surface area contributed by atoms with Gasteiger partial charge in [-0.2, -0.15) is 0 Å². The molecule has 0 rings (SSSR count). The maximum absolute atomic E-state index is 2.28. The van der Waals surface area contributed by atoms with Crippen molar-refractivity contribution in [3.05, 3.63) is 0 Å². The van der Waals surface area contributed by atoms with Crippen molar-refractivity contribution in [2.45, 2.75) is 40.5 Å². The highest BCUT2D eigenvalue weighted by Crippen LogP contribution is 2.09. The monoisotopic (exact) mass is 150 g/mol. The molecule has 10 heavy (non-hydrogen) atoms. The van der Waals surface area contributed by atoms with E-state index in [1.54, 1.807) is 0 Å². The van der Waals surface area contributed by atoms with Gasteiger partial charge < -0.3 is 11.0 Å². The molecule has 0 aliphatic rings. The van der Waals surface area contributed by atoms with Gasteiger partial charge in [0.1, 0.15) is 0 Å². The highest BCUT2D eigenvalue weighted by molar-refractivity contribution is 4.48. The fourth-order valence-corrected chi connectivity index (χ4v) is 0.667. The highest BCUT2D eigenvalue weighted by atomic mass is 16.0. The second-order valence-electron chi connectivity index (χ2n) is 3.37. The summed E-state index contributed by atoms with van der Waals surface area (Å²) in [6.07, 6.45) is 2.77. The molecule has 0 radical (unpaired) electrons. The lowest BCUT2D eigenvalue weighted by atomic mass is 10.0. The van der Waals surface area contributed by atoms with Crippen molar-refractivity contribution in [3.8, 4) is 0 Å². The van der Waals surface area contributed by atoms with E-state index in [0.717, 1.165) is 11.8 Å². The Labute approximate surface area is 64.3 Å². The molecule has 0 heterocycles. The molecule has 0 aliphatic heterocycles. The molecular weight excluding hydrogens is 128 g/mol. The first kappa shape index (κ1) is 16.5. The van der Waals surface area contributed by atoms with Gasteiger partial charge in [0.2, 0.25) is 0 Å². The standard InChI is InChI=1S/C8H18.2H2O/c1-7(2)5-6-8(3)4;;/h7-8H,5-6H2,1-4H3;2*1H2. The van der Waals surface area contributed by atoms with Gasteiger partial charge in [-0.05, 0) is 11.8 Å². The van der Waals surface area contributed by atoms with E-state index < -0.39 is 0 Å². The summed E-state index contributed by atoms with van der Waals surface area (Å²) in [6.45, 7) is 9.12. The molecule has 2 heteroatoms. The summed E-state index contributed by atoms with van der Waals surface area (Å²) < 4.78 is 0. The van der Waals surface area contributed by atoms with Crippen LogP contribution in [-0.4, -0.2) is 11.0 Å². The normalized spacial score (nSPS) is 9.00. The summed E-state index contributed by atoms with van der Waals surface area (Å²) in [7, 11) is 0. The van der Waals surface area contributed by atoms with E-state index in [2.05, 4.69) is 27.7 Å². The van der Waals surface area contributed by atoms with E-state index in [-0.39, 0.29) is 11.0 Å². The first-order valence-corrected chi connectivity index (χ1v) is 3.63. The van der Waals surface area contributed by atoms with Gasteiger partial charge in [0.15, 0.2) is 0 Å². The second kappa shape index (κ2) is 8.92. The SMILES string of the molecule is CC(C)CCC(C)C.O.O. The van der Waals surface area contributed by atoms with Gasteiger partial charge >= 0.3 is 0 Å². The molecule has 2 nitrogen and oxygen atoms in total. The Morgan fingerprint density at radius 2 is 0.900 bits per heavy atom.